The van der Waals surface area contributed by atoms with Crippen LogP contribution < -0.4 is 5.32 Å². The van der Waals surface area contributed by atoms with E-state index in [0.717, 1.165) is 58.2 Å². The molecule has 0 unspecified atom stereocenters. The van der Waals surface area contributed by atoms with Crippen LogP contribution in [0.5, 0.6) is 0 Å². The summed E-state index contributed by atoms with van der Waals surface area (Å²) in [4.78, 5) is 12.0. The molecule has 1 aliphatic carbocycles. The van der Waals surface area contributed by atoms with Gasteiger partial charge in [-0.05, 0) is 43.9 Å². The van der Waals surface area contributed by atoms with E-state index in [9.17, 15) is 4.79 Å². The van der Waals surface area contributed by atoms with E-state index in [0.29, 0.717) is 23.6 Å². The second-order valence-electron chi connectivity index (χ2n) is 6.65. The summed E-state index contributed by atoms with van der Waals surface area (Å²) in [6.45, 7) is 3.50. The molecule has 1 saturated carbocycles. The first-order valence-electron chi connectivity index (χ1n) is 8.94. The van der Waals surface area contributed by atoms with Crippen LogP contribution in [0.15, 0.2) is 4.42 Å². The van der Waals surface area contributed by atoms with Crippen LogP contribution >= 0.6 is 0 Å². The zero-order chi connectivity index (χ0) is 16.8. The van der Waals surface area contributed by atoms with E-state index < -0.39 is 0 Å². The molecule has 6 nitrogen and oxygen atoms in total. The molecule has 1 amide bonds. The van der Waals surface area contributed by atoms with E-state index >= 15 is 0 Å². The third-order valence-electron chi connectivity index (χ3n) is 4.76. The van der Waals surface area contributed by atoms with Gasteiger partial charge in [0.2, 0.25) is 11.8 Å². The van der Waals surface area contributed by atoms with Crippen molar-refractivity contribution in [2.24, 2.45) is 11.8 Å². The molecule has 0 spiro atoms. The van der Waals surface area contributed by atoms with Gasteiger partial charge in [0.15, 0.2) is 0 Å². The van der Waals surface area contributed by atoms with Crippen LogP contribution in [0.3, 0.4) is 0 Å². The molecule has 1 saturated heterocycles. The average Bonchev–Trinajstić information content (AvgIpc) is 3.24. The Morgan fingerprint density at radius 1 is 1.21 bits per heavy atom. The molecule has 2 atom stereocenters. The van der Waals surface area contributed by atoms with Gasteiger partial charge in [-0.2, -0.15) is 0 Å². The molecule has 0 bridgehead atoms. The van der Waals surface area contributed by atoms with Gasteiger partial charge in [-0.15, -0.1) is 10.2 Å². The zero-order valence-electron chi connectivity index (χ0n) is 14.2. The number of aromatic nitrogens is 2. The molecule has 1 aromatic rings. The SMILES string of the molecule is CCc1nnc(C[C@@H]2CC[C@H](NC(=O)C#CC3CCOCC3)C2)o1. The van der Waals surface area contributed by atoms with Crippen molar-refractivity contribution in [2.45, 2.75) is 57.9 Å². The minimum atomic E-state index is -0.154. The third kappa shape index (κ3) is 4.81. The second kappa shape index (κ2) is 8.29. The highest BCUT2D eigenvalue weighted by atomic mass is 16.5. The molecule has 6 heteroatoms. The topological polar surface area (TPSA) is 77.2 Å². The Morgan fingerprint density at radius 2 is 2.00 bits per heavy atom. The van der Waals surface area contributed by atoms with Crippen LogP contribution in [0.2, 0.25) is 0 Å². The summed E-state index contributed by atoms with van der Waals surface area (Å²) in [5.41, 5.74) is 0. The molecule has 2 fully saturated rings. The van der Waals surface area contributed by atoms with E-state index in [2.05, 4.69) is 27.4 Å². The number of nitrogens with zero attached hydrogens (tertiary/aromatic N) is 2. The summed E-state index contributed by atoms with van der Waals surface area (Å²) in [7, 11) is 0. The maximum absolute atomic E-state index is 12.0. The van der Waals surface area contributed by atoms with Gasteiger partial charge < -0.3 is 14.5 Å². The number of amides is 1. The van der Waals surface area contributed by atoms with Crippen LogP contribution in [0.1, 0.15) is 50.8 Å². The fourth-order valence-corrected chi connectivity index (χ4v) is 3.38. The maximum atomic E-state index is 12.0. The number of ether oxygens (including phenoxy) is 1. The second-order valence-corrected chi connectivity index (χ2v) is 6.65. The predicted molar refractivity (Wildman–Crippen MR) is 88.0 cm³/mol. The van der Waals surface area contributed by atoms with Crippen LogP contribution in [-0.4, -0.2) is 35.4 Å². The van der Waals surface area contributed by atoms with Crippen molar-refractivity contribution in [3.8, 4) is 11.8 Å². The molecule has 1 N–H and O–H groups in total. The highest BCUT2D eigenvalue weighted by Crippen LogP contribution is 2.28. The van der Waals surface area contributed by atoms with Gasteiger partial charge in [-0.1, -0.05) is 12.8 Å². The Morgan fingerprint density at radius 3 is 2.75 bits per heavy atom. The van der Waals surface area contributed by atoms with Crippen LogP contribution in [0, 0.1) is 23.7 Å². The van der Waals surface area contributed by atoms with Gasteiger partial charge in [-0.3, -0.25) is 4.79 Å². The van der Waals surface area contributed by atoms with Crippen molar-refractivity contribution in [1.82, 2.24) is 15.5 Å². The largest absolute Gasteiger partial charge is 0.425 e. The van der Waals surface area contributed by atoms with Crippen molar-refractivity contribution >= 4 is 5.91 Å². The molecule has 0 radical (unpaired) electrons. The standard InChI is InChI=1S/C18H25N3O3/c1-2-17-20-21-18(24-17)12-14-3-5-15(11-14)19-16(22)6-4-13-7-9-23-10-8-13/h13-15H,2-3,5,7-12H2,1H3,(H,19,22)/t14-,15+/m1/s1. The van der Waals surface area contributed by atoms with Crippen molar-refractivity contribution in [2.75, 3.05) is 13.2 Å². The lowest BCUT2D eigenvalue weighted by atomic mass is 10.0. The quantitative estimate of drug-likeness (QED) is 0.853. The number of rotatable bonds is 4. The Hall–Kier alpha value is -1.87. The highest BCUT2D eigenvalue weighted by Gasteiger charge is 2.27. The van der Waals surface area contributed by atoms with Gasteiger partial charge in [0.1, 0.15) is 0 Å². The Bertz CT molecular complexity index is 611. The summed E-state index contributed by atoms with van der Waals surface area (Å²) < 4.78 is 10.9. The average molecular weight is 331 g/mol. The number of carbonyl (C=O) groups is 1. The van der Waals surface area contributed by atoms with E-state index in [-0.39, 0.29) is 11.9 Å². The summed E-state index contributed by atoms with van der Waals surface area (Å²) in [5.74, 6) is 7.87. The van der Waals surface area contributed by atoms with Crippen LogP contribution in [-0.2, 0) is 22.4 Å². The van der Waals surface area contributed by atoms with Gasteiger partial charge in [0.25, 0.3) is 5.91 Å². The first-order valence-corrected chi connectivity index (χ1v) is 8.94. The molecule has 130 valence electrons. The molecule has 0 aromatic carbocycles. The van der Waals surface area contributed by atoms with Gasteiger partial charge in [-0.25, -0.2) is 0 Å². The smallest absolute Gasteiger partial charge is 0.296 e. The highest BCUT2D eigenvalue weighted by molar-refractivity contribution is 5.93. The number of hydrogen-bond donors (Lipinski definition) is 1. The molecule has 3 rings (SSSR count). The molecular formula is C18H25N3O3. The Labute approximate surface area is 142 Å². The summed E-state index contributed by atoms with van der Waals surface area (Å²) in [5, 5.41) is 11.1. The van der Waals surface area contributed by atoms with E-state index in [1.54, 1.807) is 0 Å². The van der Waals surface area contributed by atoms with Gasteiger partial charge >= 0.3 is 0 Å². The predicted octanol–water partition coefficient (Wildman–Crippen LogP) is 1.89. The van der Waals surface area contributed by atoms with E-state index in [4.69, 9.17) is 9.15 Å². The van der Waals surface area contributed by atoms with Crippen LogP contribution in [0.4, 0.5) is 0 Å². The number of nitrogens with one attached hydrogen (secondary N) is 1. The molecule has 1 aliphatic heterocycles. The van der Waals surface area contributed by atoms with Gasteiger partial charge in [0.05, 0.1) is 0 Å². The van der Waals surface area contributed by atoms with Crippen molar-refractivity contribution in [3.05, 3.63) is 11.8 Å². The fourth-order valence-electron chi connectivity index (χ4n) is 3.38. The van der Waals surface area contributed by atoms with Crippen LogP contribution in [0.25, 0.3) is 0 Å². The summed E-state index contributed by atoms with van der Waals surface area (Å²) in [6, 6.07) is 0.208. The lowest BCUT2D eigenvalue weighted by Gasteiger charge is -2.16. The third-order valence-corrected chi connectivity index (χ3v) is 4.76. The zero-order valence-corrected chi connectivity index (χ0v) is 14.2. The normalized spacial score (nSPS) is 24.4. The number of hydrogen-bond acceptors (Lipinski definition) is 5. The Balaban J connectivity index is 1.42. The summed E-state index contributed by atoms with van der Waals surface area (Å²) >= 11 is 0. The first-order chi connectivity index (χ1) is 11.7. The Kier molecular flexibility index (Phi) is 5.86. The van der Waals surface area contributed by atoms with Crippen molar-refractivity contribution in [3.63, 3.8) is 0 Å². The lowest BCUT2D eigenvalue weighted by molar-refractivity contribution is -0.116. The van der Waals surface area contributed by atoms with E-state index in [1.165, 1.54) is 0 Å². The first kappa shape index (κ1) is 17.0. The molecule has 24 heavy (non-hydrogen) atoms. The maximum Gasteiger partial charge on any atom is 0.296 e. The minimum Gasteiger partial charge on any atom is -0.425 e. The number of carbonyl (C=O) groups excluding carboxylic acids is 1. The van der Waals surface area contributed by atoms with Crippen molar-refractivity contribution in [1.29, 1.82) is 0 Å². The lowest BCUT2D eigenvalue weighted by Crippen LogP contribution is -2.32. The molecule has 1 aromatic heterocycles. The summed E-state index contributed by atoms with van der Waals surface area (Å²) in [6.07, 6.45) is 6.43. The molecule has 2 heterocycles. The van der Waals surface area contributed by atoms with Crippen molar-refractivity contribution < 1.29 is 13.9 Å². The van der Waals surface area contributed by atoms with E-state index in [1.807, 2.05) is 6.92 Å². The molecule has 2 aliphatic rings. The molecular weight excluding hydrogens is 306 g/mol. The number of aryl methyl sites for hydroxylation is 1. The minimum absolute atomic E-state index is 0.154. The van der Waals surface area contributed by atoms with Gasteiger partial charge in [0, 0.05) is 38.0 Å². The monoisotopic (exact) mass is 331 g/mol. The fraction of sp³-hybridized carbons (Fsp3) is 0.722.